The molecule has 0 radical (unpaired) electrons. The van der Waals surface area contributed by atoms with Gasteiger partial charge < -0.3 is 4.90 Å². The summed E-state index contributed by atoms with van der Waals surface area (Å²) in [4.78, 5) is 12.2. The average Bonchev–Trinajstić information content (AvgIpc) is 2.42. The quantitative estimate of drug-likeness (QED) is 0.570. The fraction of sp³-hybridized carbons (Fsp3) is 0.462. The van der Waals surface area contributed by atoms with E-state index in [0.29, 0.717) is 15.4 Å². The second kappa shape index (κ2) is 5.68. The summed E-state index contributed by atoms with van der Waals surface area (Å²) >= 11 is 1.10. The Morgan fingerprint density at radius 3 is 2.32 bits per heavy atom. The minimum absolute atomic E-state index is 0.103. The molecule has 0 spiro atoms. The summed E-state index contributed by atoms with van der Waals surface area (Å²) < 4.78 is 75.9. The molecule has 22 heavy (non-hydrogen) atoms. The number of halogens is 6. The van der Waals surface area contributed by atoms with E-state index in [1.807, 2.05) is 0 Å². The van der Waals surface area contributed by atoms with Crippen molar-refractivity contribution >= 4 is 17.7 Å². The van der Waals surface area contributed by atoms with Gasteiger partial charge in [-0.1, -0.05) is 0 Å². The zero-order chi connectivity index (χ0) is 16.7. The first-order chi connectivity index (χ1) is 10.0. The van der Waals surface area contributed by atoms with Crippen LogP contribution in [0.15, 0.2) is 17.0 Å². The summed E-state index contributed by atoms with van der Waals surface area (Å²) in [6, 6.07) is 1.82. The van der Waals surface area contributed by atoms with Gasteiger partial charge in [-0.05, 0) is 35.9 Å². The highest BCUT2D eigenvalue weighted by Gasteiger charge is 2.43. The van der Waals surface area contributed by atoms with E-state index in [-0.39, 0.29) is 18.5 Å². The minimum Gasteiger partial charge on any atom is -0.330 e. The van der Waals surface area contributed by atoms with Gasteiger partial charge in [0.25, 0.3) is 0 Å². The lowest BCUT2D eigenvalue weighted by atomic mass is 9.97. The maximum atomic E-state index is 12.8. The number of hydrogen-bond donors (Lipinski definition) is 0. The molecule has 2 rings (SSSR count). The summed E-state index contributed by atoms with van der Waals surface area (Å²) in [6.45, 7) is -0.630. The van der Waals surface area contributed by atoms with E-state index >= 15 is 0 Å². The maximum absolute atomic E-state index is 12.8. The molecule has 0 N–H and O–H groups in total. The van der Waals surface area contributed by atoms with Gasteiger partial charge in [-0.15, -0.1) is 11.8 Å². The number of nitrogens with zero attached hydrogens (tertiary/aromatic N) is 1. The van der Waals surface area contributed by atoms with Gasteiger partial charge in [0.1, 0.15) is 0 Å². The summed E-state index contributed by atoms with van der Waals surface area (Å²) in [5, 5.41) is 0. The molecule has 1 amide bonds. The third kappa shape index (κ3) is 3.34. The van der Waals surface area contributed by atoms with E-state index in [2.05, 4.69) is 0 Å². The Bertz CT molecular complexity index is 595. The third-order valence-corrected chi connectivity index (χ3v) is 4.18. The average molecular weight is 343 g/mol. The summed E-state index contributed by atoms with van der Waals surface area (Å²) in [6.07, 6.45) is -7.91. The van der Waals surface area contributed by atoms with Crippen LogP contribution in [-0.4, -0.2) is 29.8 Å². The van der Waals surface area contributed by atoms with Crippen LogP contribution >= 0.6 is 11.8 Å². The lowest BCUT2D eigenvalue weighted by Crippen LogP contribution is -2.43. The van der Waals surface area contributed by atoms with E-state index in [9.17, 15) is 31.1 Å². The van der Waals surface area contributed by atoms with Gasteiger partial charge in [0.15, 0.2) is 0 Å². The van der Waals surface area contributed by atoms with Crippen LogP contribution in [0.3, 0.4) is 0 Å². The molecule has 0 bridgehead atoms. The predicted molar refractivity (Wildman–Crippen MR) is 68.4 cm³/mol. The molecule has 0 aromatic heterocycles. The Balaban J connectivity index is 2.40. The first-order valence-corrected chi connectivity index (χ1v) is 7.39. The highest BCUT2D eigenvalue weighted by molar-refractivity contribution is 7.98. The SMILES string of the molecule is CSc1cc(C(F)(F)F)cc2c1CCN(C(=O)C(F)(F)F)C2. The molecule has 0 atom stereocenters. The van der Waals surface area contributed by atoms with Crippen molar-refractivity contribution in [2.45, 2.75) is 30.2 Å². The van der Waals surface area contributed by atoms with Crippen molar-refractivity contribution in [3.8, 4) is 0 Å². The molecule has 1 aliphatic rings. The molecule has 1 aromatic rings. The number of benzene rings is 1. The summed E-state index contributed by atoms with van der Waals surface area (Å²) in [5.41, 5.74) is -0.230. The normalized spacial score (nSPS) is 15.7. The number of hydrogen-bond acceptors (Lipinski definition) is 2. The van der Waals surface area contributed by atoms with Crippen molar-refractivity contribution in [3.05, 3.63) is 28.8 Å². The molecule has 0 unspecified atom stereocenters. The van der Waals surface area contributed by atoms with Crippen molar-refractivity contribution in [3.63, 3.8) is 0 Å². The van der Waals surface area contributed by atoms with Crippen molar-refractivity contribution in [1.29, 1.82) is 0 Å². The Kier molecular flexibility index (Phi) is 4.38. The van der Waals surface area contributed by atoms with Crippen LogP contribution in [0, 0.1) is 0 Å². The highest BCUT2D eigenvalue weighted by atomic mass is 32.2. The van der Waals surface area contributed by atoms with E-state index < -0.39 is 30.4 Å². The molecule has 122 valence electrons. The molecule has 1 aliphatic heterocycles. The van der Waals surface area contributed by atoms with Gasteiger partial charge in [0, 0.05) is 18.0 Å². The summed E-state index contributed by atoms with van der Waals surface area (Å²) in [5.74, 6) is -2.03. The molecule has 0 fully saturated rings. The molecule has 1 heterocycles. The van der Waals surface area contributed by atoms with Crippen LogP contribution < -0.4 is 0 Å². The van der Waals surface area contributed by atoms with Crippen LogP contribution in [0.4, 0.5) is 26.3 Å². The van der Waals surface area contributed by atoms with Crippen molar-refractivity contribution in [1.82, 2.24) is 4.90 Å². The van der Waals surface area contributed by atoms with Gasteiger partial charge in [-0.2, -0.15) is 26.3 Å². The number of rotatable bonds is 1. The molecule has 1 aromatic carbocycles. The number of fused-ring (bicyclic) bond motifs is 1. The molecule has 2 nitrogen and oxygen atoms in total. The van der Waals surface area contributed by atoms with Crippen LogP contribution in [0.1, 0.15) is 16.7 Å². The maximum Gasteiger partial charge on any atom is 0.471 e. The Morgan fingerprint density at radius 2 is 1.82 bits per heavy atom. The zero-order valence-corrected chi connectivity index (χ0v) is 12.1. The fourth-order valence-corrected chi connectivity index (χ4v) is 3.08. The molecule has 0 aliphatic carbocycles. The van der Waals surface area contributed by atoms with E-state index in [0.717, 1.165) is 23.9 Å². The van der Waals surface area contributed by atoms with Crippen molar-refractivity contribution < 1.29 is 31.1 Å². The first kappa shape index (κ1) is 17.0. The number of amides is 1. The molecule has 0 saturated heterocycles. The van der Waals surface area contributed by atoms with Crippen LogP contribution in [0.2, 0.25) is 0 Å². The third-order valence-electron chi connectivity index (χ3n) is 3.37. The number of thioether (sulfide) groups is 1. The Hall–Kier alpha value is -1.38. The first-order valence-electron chi connectivity index (χ1n) is 6.17. The van der Waals surface area contributed by atoms with Crippen molar-refractivity contribution in [2.24, 2.45) is 0 Å². The van der Waals surface area contributed by atoms with Gasteiger partial charge in [-0.25, -0.2) is 0 Å². The minimum atomic E-state index is -5.03. The number of alkyl halides is 6. The Morgan fingerprint density at radius 1 is 1.18 bits per heavy atom. The molecular formula is C13H11F6NOS. The van der Waals surface area contributed by atoms with E-state index in [4.69, 9.17) is 0 Å². The molecule has 0 saturated carbocycles. The lowest BCUT2D eigenvalue weighted by molar-refractivity contribution is -0.186. The zero-order valence-electron chi connectivity index (χ0n) is 11.3. The molecule has 9 heteroatoms. The molecular weight excluding hydrogens is 332 g/mol. The fourth-order valence-electron chi connectivity index (χ4n) is 2.36. The largest absolute Gasteiger partial charge is 0.471 e. The highest BCUT2D eigenvalue weighted by Crippen LogP contribution is 2.37. The smallest absolute Gasteiger partial charge is 0.330 e. The predicted octanol–water partition coefficient (Wildman–Crippen LogP) is 3.87. The van der Waals surface area contributed by atoms with Crippen molar-refractivity contribution in [2.75, 3.05) is 12.8 Å². The van der Waals surface area contributed by atoms with Crippen LogP contribution in [0.25, 0.3) is 0 Å². The van der Waals surface area contributed by atoms with Crippen LogP contribution in [-0.2, 0) is 23.9 Å². The van der Waals surface area contributed by atoms with Gasteiger partial charge >= 0.3 is 18.3 Å². The van der Waals surface area contributed by atoms with Gasteiger partial charge in [0.05, 0.1) is 5.56 Å². The van der Waals surface area contributed by atoms with Crippen LogP contribution in [0.5, 0.6) is 0 Å². The summed E-state index contributed by atoms with van der Waals surface area (Å²) in [7, 11) is 0. The Labute approximate surface area is 126 Å². The monoisotopic (exact) mass is 343 g/mol. The topological polar surface area (TPSA) is 20.3 Å². The second-order valence-electron chi connectivity index (χ2n) is 4.79. The number of carbonyl (C=O) groups is 1. The second-order valence-corrected chi connectivity index (χ2v) is 5.64. The number of carbonyl (C=O) groups excluding carboxylic acids is 1. The van der Waals surface area contributed by atoms with Gasteiger partial charge in [-0.3, -0.25) is 4.79 Å². The standard InChI is InChI=1S/C13H11F6NOS/c1-22-10-5-8(12(14,15)16)4-7-6-20(3-2-9(7)10)11(21)13(17,18)19/h4-5H,2-3,6H2,1H3. The van der Waals surface area contributed by atoms with E-state index in [1.165, 1.54) is 0 Å². The lowest BCUT2D eigenvalue weighted by Gasteiger charge is -2.31. The van der Waals surface area contributed by atoms with Gasteiger partial charge in [0.2, 0.25) is 0 Å². The van der Waals surface area contributed by atoms with E-state index in [1.54, 1.807) is 6.26 Å².